The van der Waals surface area contributed by atoms with Crippen LogP contribution in [0, 0.1) is 0 Å². The first-order chi connectivity index (χ1) is 7.45. The molecule has 1 heterocycles. The zero-order valence-electron chi connectivity index (χ0n) is 8.23. The molecule has 0 amide bonds. The lowest BCUT2D eigenvalue weighted by molar-refractivity contribution is 0.521. The van der Waals surface area contributed by atoms with E-state index >= 15 is 0 Å². The van der Waals surface area contributed by atoms with Crippen LogP contribution in [0.5, 0.6) is 0 Å². The Balaban J connectivity index is 2.42. The third kappa shape index (κ3) is 1.34. The first-order valence-electron chi connectivity index (χ1n) is 5.04. The smallest absolute Gasteiger partial charge is 0.136 e. The molecule has 1 aromatic heterocycles. The van der Waals surface area contributed by atoms with E-state index in [0.717, 1.165) is 22.8 Å². The van der Waals surface area contributed by atoms with Gasteiger partial charge in [0.25, 0.3) is 0 Å². The van der Waals surface area contributed by atoms with Crippen molar-refractivity contribution in [3.05, 3.63) is 52.0 Å². The Labute approximate surface area is 87.7 Å². The van der Waals surface area contributed by atoms with E-state index in [0.29, 0.717) is 0 Å². The molecule has 3 rings (SSSR count). The minimum absolute atomic E-state index is 0.914. The van der Waals surface area contributed by atoms with Crippen molar-refractivity contribution in [2.45, 2.75) is 6.42 Å². The Bertz CT molecular complexity index is 630. The van der Waals surface area contributed by atoms with Gasteiger partial charge in [-0.3, -0.25) is 0 Å². The molecule has 72 valence electrons. The van der Waals surface area contributed by atoms with Gasteiger partial charge in [-0.2, -0.15) is 0 Å². The Kier molecular flexibility index (Phi) is 1.84. The van der Waals surface area contributed by atoms with Gasteiger partial charge < -0.3 is 4.42 Å². The molecule has 0 unspecified atom stereocenters. The van der Waals surface area contributed by atoms with Crippen molar-refractivity contribution in [3.8, 4) is 0 Å². The van der Waals surface area contributed by atoms with E-state index < -0.39 is 0 Å². The van der Waals surface area contributed by atoms with Crippen molar-refractivity contribution in [1.29, 1.82) is 0 Å². The molecule has 0 aromatic carbocycles. The zero-order chi connectivity index (χ0) is 10.1. The maximum atomic E-state index is 5.77. The summed E-state index contributed by atoms with van der Waals surface area (Å²) in [6, 6.07) is 0. The highest BCUT2D eigenvalue weighted by Gasteiger charge is 2.07. The molecule has 0 spiro atoms. The normalized spacial score (nSPS) is 16.0. The summed E-state index contributed by atoms with van der Waals surface area (Å²) in [5.74, 6) is 0.949. The zero-order valence-corrected chi connectivity index (χ0v) is 8.23. The molecule has 0 N–H and O–H groups in total. The molecule has 0 radical (unpaired) electrons. The molecular weight excluding hydrogens is 184 g/mol. The van der Waals surface area contributed by atoms with Gasteiger partial charge in [0, 0.05) is 10.8 Å². The van der Waals surface area contributed by atoms with Gasteiger partial charge in [0.05, 0.1) is 0 Å². The highest BCUT2D eigenvalue weighted by atomic mass is 16.3. The second-order valence-electron chi connectivity index (χ2n) is 3.53. The fourth-order valence-electron chi connectivity index (χ4n) is 1.84. The molecule has 15 heavy (non-hydrogen) atoms. The lowest BCUT2D eigenvalue weighted by atomic mass is 10.2. The first-order valence-corrected chi connectivity index (χ1v) is 5.04. The highest BCUT2D eigenvalue weighted by Crippen LogP contribution is 2.12. The second-order valence-corrected chi connectivity index (χ2v) is 3.53. The van der Waals surface area contributed by atoms with E-state index in [1.54, 1.807) is 0 Å². The van der Waals surface area contributed by atoms with Crippen LogP contribution in [-0.4, -0.2) is 0 Å². The summed E-state index contributed by atoms with van der Waals surface area (Å²) in [6.45, 7) is 0. The van der Waals surface area contributed by atoms with E-state index in [-0.39, 0.29) is 0 Å². The van der Waals surface area contributed by atoms with Crippen LogP contribution in [0.3, 0.4) is 0 Å². The molecule has 1 nitrogen and oxygen atoms in total. The summed E-state index contributed by atoms with van der Waals surface area (Å²) in [5.41, 5.74) is 5.12. The van der Waals surface area contributed by atoms with Crippen molar-refractivity contribution in [2.75, 3.05) is 0 Å². The maximum Gasteiger partial charge on any atom is 0.136 e. The lowest BCUT2D eigenvalue weighted by Gasteiger charge is -1.86. The van der Waals surface area contributed by atoms with Crippen LogP contribution in [0.25, 0.3) is 24.3 Å². The van der Waals surface area contributed by atoms with Crippen LogP contribution in [0.4, 0.5) is 0 Å². The summed E-state index contributed by atoms with van der Waals surface area (Å²) in [5, 5.41) is 1.15. The summed E-state index contributed by atoms with van der Waals surface area (Å²) in [6.07, 6.45) is 17.2. The average molecular weight is 194 g/mol. The fraction of sp³-hybridized carbons (Fsp3) is 0.0714. The van der Waals surface area contributed by atoms with E-state index in [1.807, 2.05) is 30.4 Å². The van der Waals surface area contributed by atoms with Gasteiger partial charge in [-0.1, -0.05) is 18.2 Å². The Morgan fingerprint density at radius 3 is 2.93 bits per heavy atom. The number of allylic oxidation sites excluding steroid dienone is 3. The standard InChI is InChI=1S/C14H10O/c1-3-7-11-12-8-4-2-6-10-14(12)15-13(11)9-5-1/h3-10H,1H2. The quantitative estimate of drug-likeness (QED) is 0.576. The van der Waals surface area contributed by atoms with E-state index in [4.69, 9.17) is 4.42 Å². The van der Waals surface area contributed by atoms with Crippen LogP contribution in [0.15, 0.2) is 34.5 Å². The van der Waals surface area contributed by atoms with Crippen molar-refractivity contribution in [2.24, 2.45) is 0 Å². The van der Waals surface area contributed by atoms with Gasteiger partial charge in [0.15, 0.2) is 0 Å². The largest absolute Gasteiger partial charge is 0.456 e. The van der Waals surface area contributed by atoms with Gasteiger partial charge in [-0.05, 0) is 36.8 Å². The average Bonchev–Trinajstić information content (AvgIpc) is 2.51. The molecule has 0 aliphatic heterocycles. The van der Waals surface area contributed by atoms with Crippen molar-refractivity contribution < 1.29 is 4.42 Å². The third-order valence-corrected chi connectivity index (χ3v) is 2.54. The molecule has 0 fully saturated rings. The molecule has 2 aliphatic carbocycles. The van der Waals surface area contributed by atoms with E-state index in [9.17, 15) is 0 Å². The molecule has 0 saturated carbocycles. The van der Waals surface area contributed by atoms with Crippen LogP contribution in [-0.2, 0) is 0 Å². The van der Waals surface area contributed by atoms with Crippen LogP contribution < -0.4 is 10.6 Å². The Morgan fingerprint density at radius 2 is 1.93 bits per heavy atom. The SMILES string of the molecule is C1=CC=c2oc3c(c2=CC=1)C=CCC=C3. The molecule has 2 aliphatic rings. The predicted octanol–water partition coefficient (Wildman–Crippen LogP) is 2.00. The van der Waals surface area contributed by atoms with Gasteiger partial charge in [0.1, 0.15) is 11.2 Å². The van der Waals surface area contributed by atoms with Crippen LogP contribution in [0.2, 0.25) is 0 Å². The number of furan rings is 1. The minimum Gasteiger partial charge on any atom is -0.456 e. The number of hydrogen-bond acceptors (Lipinski definition) is 1. The van der Waals surface area contributed by atoms with Crippen LogP contribution >= 0.6 is 0 Å². The molecule has 0 atom stereocenters. The van der Waals surface area contributed by atoms with Gasteiger partial charge in [0.2, 0.25) is 0 Å². The van der Waals surface area contributed by atoms with Crippen molar-refractivity contribution >= 4 is 24.3 Å². The first kappa shape index (κ1) is 8.34. The topological polar surface area (TPSA) is 13.1 Å². The van der Waals surface area contributed by atoms with Crippen molar-refractivity contribution in [3.63, 3.8) is 0 Å². The molecule has 1 heteroatoms. The third-order valence-electron chi connectivity index (χ3n) is 2.54. The maximum absolute atomic E-state index is 5.77. The summed E-state index contributed by atoms with van der Waals surface area (Å²) < 4.78 is 5.77. The van der Waals surface area contributed by atoms with Crippen LogP contribution in [0.1, 0.15) is 17.7 Å². The monoisotopic (exact) mass is 194 g/mol. The molecule has 1 aromatic rings. The second kappa shape index (κ2) is 3.30. The summed E-state index contributed by atoms with van der Waals surface area (Å²) in [4.78, 5) is 0. The Hall–Kier alpha value is -1.98. The predicted molar refractivity (Wildman–Crippen MR) is 62.2 cm³/mol. The number of rotatable bonds is 0. The van der Waals surface area contributed by atoms with Gasteiger partial charge in [-0.15, -0.1) is 5.73 Å². The minimum atomic E-state index is 0.914. The summed E-state index contributed by atoms with van der Waals surface area (Å²) in [7, 11) is 0. The number of hydrogen-bond donors (Lipinski definition) is 0. The van der Waals surface area contributed by atoms with Gasteiger partial charge in [-0.25, -0.2) is 0 Å². The van der Waals surface area contributed by atoms with E-state index in [2.05, 4.69) is 24.0 Å². The summed E-state index contributed by atoms with van der Waals surface area (Å²) >= 11 is 0. The lowest BCUT2D eigenvalue weighted by Crippen LogP contribution is -2.20. The highest BCUT2D eigenvalue weighted by molar-refractivity contribution is 5.67. The number of fused-ring (bicyclic) bond motifs is 3. The fourth-order valence-corrected chi connectivity index (χ4v) is 1.84. The van der Waals surface area contributed by atoms with E-state index in [1.165, 1.54) is 5.56 Å². The molecule has 0 bridgehead atoms. The van der Waals surface area contributed by atoms with Crippen molar-refractivity contribution in [1.82, 2.24) is 0 Å². The molecular formula is C14H10O. The molecule has 0 saturated heterocycles. The van der Waals surface area contributed by atoms with Gasteiger partial charge >= 0.3 is 0 Å². The Morgan fingerprint density at radius 1 is 1.07 bits per heavy atom.